The van der Waals surface area contributed by atoms with Crippen molar-refractivity contribution in [2.75, 3.05) is 17.7 Å². The Morgan fingerprint density at radius 3 is 2.67 bits per heavy atom. The molecule has 0 saturated heterocycles. The van der Waals surface area contributed by atoms with Crippen molar-refractivity contribution in [3.63, 3.8) is 0 Å². The molecule has 0 spiro atoms. The Labute approximate surface area is 218 Å². The van der Waals surface area contributed by atoms with E-state index in [0.717, 1.165) is 52.7 Å². The number of thioether (sulfide) groups is 1. The highest BCUT2D eigenvalue weighted by atomic mass is 32.2. The van der Waals surface area contributed by atoms with Crippen molar-refractivity contribution in [1.29, 1.82) is 0 Å². The summed E-state index contributed by atoms with van der Waals surface area (Å²) in [6, 6.07) is 13.5. The van der Waals surface area contributed by atoms with Gasteiger partial charge >= 0.3 is 0 Å². The van der Waals surface area contributed by atoms with Crippen molar-refractivity contribution in [3.8, 4) is 11.4 Å². The molecular weight excluding hydrogens is 490 g/mol. The third-order valence-corrected chi connectivity index (χ3v) is 8.34. The maximum Gasteiger partial charge on any atom is 0.267 e. The van der Waals surface area contributed by atoms with Crippen LogP contribution in [-0.4, -0.2) is 27.8 Å². The molecule has 2 heterocycles. The molecule has 36 heavy (non-hydrogen) atoms. The number of fused-ring (bicyclic) bond motifs is 3. The Balaban J connectivity index is 1.52. The first-order valence-electron chi connectivity index (χ1n) is 12.2. The van der Waals surface area contributed by atoms with Crippen LogP contribution >= 0.6 is 23.1 Å². The Morgan fingerprint density at radius 1 is 1.14 bits per heavy atom. The highest BCUT2D eigenvalue weighted by Gasteiger charge is 2.23. The molecule has 0 saturated carbocycles. The molecule has 8 heteroatoms. The standard InChI is InChI=1S/C28H29N3O3S2/c1-4-34-22-11-7-6-10-21(22)29-24(32)16-35-28-30-26-25(20-9-5-8-12-23(20)36-26)27(33)31(28)19-14-17(2)13-18(3)15-19/h6-7,10-11,13-15H,4-5,8-9,12,16H2,1-3H3,(H,29,32). The van der Waals surface area contributed by atoms with Gasteiger partial charge in [0, 0.05) is 4.88 Å². The van der Waals surface area contributed by atoms with Crippen LogP contribution in [0.4, 0.5) is 5.69 Å². The first kappa shape index (κ1) is 24.6. The second-order valence-corrected chi connectivity index (χ2v) is 11.1. The largest absolute Gasteiger partial charge is 0.492 e. The molecule has 6 nitrogen and oxygen atoms in total. The van der Waals surface area contributed by atoms with Crippen molar-refractivity contribution in [3.05, 3.63) is 74.4 Å². The third kappa shape index (κ3) is 4.92. The summed E-state index contributed by atoms with van der Waals surface area (Å²) in [7, 11) is 0. The van der Waals surface area contributed by atoms with Gasteiger partial charge in [-0.1, -0.05) is 30.0 Å². The average Bonchev–Trinajstić information content (AvgIpc) is 3.22. The lowest BCUT2D eigenvalue weighted by Gasteiger charge is -2.15. The number of carbonyl (C=O) groups excluding carboxylic acids is 1. The van der Waals surface area contributed by atoms with Gasteiger partial charge in [0.1, 0.15) is 10.6 Å². The number of thiophene rings is 1. The van der Waals surface area contributed by atoms with Crippen LogP contribution in [0, 0.1) is 13.8 Å². The highest BCUT2D eigenvalue weighted by Crippen LogP contribution is 2.35. The van der Waals surface area contributed by atoms with E-state index in [1.54, 1.807) is 15.9 Å². The number of amides is 1. The highest BCUT2D eigenvalue weighted by molar-refractivity contribution is 7.99. The number of nitrogens with one attached hydrogen (secondary N) is 1. The summed E-state index contributed by atoms with van der Waals surface area (Å²) in [5.41, 5.74) is 4.68. The number of para-hydroxylation sites is 2. The molecular formula is C28H29N3O3S2. The molecule has 0 radical (unpaired) electrons. The minimum Gasteiger partial charge on any atom is -0.492 e. The van der Waals surface area contributed by atoms with Crippen molar-refractivity contribution < 1.29 is 9.53 Å². The first-order valence-corrected chi connectivity index (χ1v) is 14.0. The Kier molecular flexibility index (Phi) is 7.16. The molecule has 1 aliphatic rings. The van der Waals surface area contributed by atoms with Crippen molar-refractivity contribution in [2.24, 2.45) is 0 Å². The molecule has 2 aromatic carbocycles. The molecule has 0 fully saturated rings. The van der Waals surface area contributed by atoms with Gasteiger partial charge < -0.3 is 10.1 Å². The number of aromatic nitrogens is 2. The Morgan fingerprint density at radius 2 is 1.89 bits per heavy atom. The van der Waals surface area contributed by atoms with E-state index in [2.05, 4.69) is 11.4 Å². The fourth-order valence-corrected chi connectivity index (χ4v) is 6.87. The lowest BCUT2D eigenvalue weighted by Crippen LogP contribution is -2.23. The molecule has 1 N–H and O–H groups in total. The summed E-state index contributed by atoms with van der Waals surface area (Å²) in [6.45, 7) is 6.47. The monoisotopic (exact) mass is 519 g/mol. The summed E-state index contributed by atoms with van der Waals surface area (Å²) < 4.78 is 7.32. The predicted octanol–water partition coefficient (Wildman–Crippen LogP) is 6.07. The van der Waals surface area contributed by atoms with Crippen LogP contribution in [0.1, 0.15) is 41.3 Å². The molecule has 186 valence electrons. The van der Waals surface area contributed by atoms with E-state index in [1.807, 2.05) is 57.2 Å². The number of hydrogen-bond acceptors (Lipinski definition) is 6. The van der Waals surface area contributed by atoms with E-state index >= 15 is 0 Å². The summed E-state index contributed by atoms with van der Waals surface area (Å²) >= 11 is 2.91. The van der Waals surface area contributed by atoms with Gasteiger partial charge in [-0.15, -0.1) is 11.3 Å². The topological polar surface area (TPSA) is 73.2 Å². The van der Waals surface area contributed by atoms with E-state index in [1.165, 1.54) is 22.2 Å². The van der Waals surface area contributed by atoms with Gasteiger partial charge in [-0.3, -0.25) is 14.2 Å². The molecule has 0 aliphatic heterocycles. The van der Waals surface area contributed by atoms with Crippen LogP contribution in [0.2, 0.25) is 0 Å². The number of carbonyl (C=O) groups is 1. The van der Waals surface area contributed by atoms with Gasteiger partial charge in [-0.05, 0) is 87.4 Å². The lowest BCUT2D eigenvalue weighted by atomic mass is 9.97. The van der Waals surface area contributed by atoms with E-state index in [4.69, 9.17) is 9.72 Å². The maximum absolute atomic E-state index is 14.0. The molecule has 2 aromatic heterocycles. The molecule has 0 unspecified atom stereocenters. The van der Waals surface area contributed by atoms with Crippen LogP contribution in [0.3, 0.4) is 0 Å². The van der Waals surface area contributed by atoms with Gasteiger partial charge in [-0.25, -0.2) is 4.98 Å². The first-order chi connectivity index (χ1) is 17.4. The number of aryl methyl sites for hydroxylation is 4. The van der Waals surface area contributed by atoms with Crippen molar-refractivity contribution in [1.82, 2.24) is 9.55 Å². The Hall–Kier alpha value is -3.10. The van der Waals surface area contributed by atoms with E-state index in [0.29, 0.717) is 23.2 Å². The van der Waals surface area contributed by atoms with Gasteiger partial charge in [0.15, 0.2) is 5.16 Å². The number of ether oxygens (including phenoxy) is 1. The second-order valence-electron chi connectivity index (χ2n) is 9.04. The maximum atomic E-state index is 14.0. The smallest absolute Gasteiger partial charge is 0.267 e. The zero-order valence-electron chi connectivity index (χ0n) is 20.7. The molecule has 5 rings (SSSR count). The van der Waals surface area contributed by atoms with Crippen LogP contribution in [-0.2, 0) is 17.6 Å². The lowest BCUT2D eigenvalue weighted by molar-refractivity contribution is -0.113. The fraction of sp³-hybridized carbons (Fsp3) is 0.321. The number of anilines is 1. The van der Waals surface area contributed by atoms with Crippen LogP contribution in [0.15, 0.2) is 52.4 Å². The Bertz CT molecular complexity index is 1490. The minimum atomic E-state index is -0.182. The summed E-state index contributed by atoms with van der Waals surface area (Å²) in [5.74, 6) is 0.571. The number of rotatable bonds is 7. The molecule has 0 bridgehead atoms. The third-order valence-electron chi connectivity index (χ3n) is 6.22. The van der Waals surface area contributed by atoms with E-state index in [-0.39, 0.29) is 17.2 Å². The molecule has 0 atom stereocenters. The van der Waals surface area contributed by atoms with Gasteiger partial charge in [0.2, 0.25) is 5.91 Å². The zero-order chi connectivity index (χ0) is 25.2. The summed E-state index contributed by atoms with van der Waals surface area (Å²) in [4.78, 5) is 33.9. The number of hydrogen-bond donors (Lipinski definition) is 1. The van der Waals surface area contributed by atoms with Gasteiger partial charge in [0.25, 0.3) is 5.56 Å². The van der Waals surface area contributed by atoms with Gasteiger partial charge in [0.05, 0.1) is 29.1 Å². The predicted molar refractivity (Wildman–Crippen MR) is 148 cm³/mol. The van der Waals surface area contributed by atoms with E-state index in [9.17, 15) is 9.59 Å². The summed E-state index contributed by atoms with van der Waals surface area (Å²) in [6.07, 6.45) is 4.18. The van der Waals surface area contributed by atoms with Crippen molar-refractivity contribution in [2.45, 2.75) is 51.6 Å². The average molecular weight is 520 g/mol. The quantitative estimate of drug-likeness (QED) is 0.237. The van der Waals surface area contributed by atoms with Crippen molar-refractivity contribution >= 4 is 44.9 Å². The zero-order valence-corrected chi connectivity index (χ0v) is 22.4. The van der Waals surface area contributed by atoms with Gasteiger partial charge in [-0.2, -0.15) is 0 Å². The van der Waals surface area contributed by atoms with E-state index < -0.39 is 0 Å². The molecule has 4 aromatic rings. The van der Waals surface area contributed by atoms with Crippen LogP contribution < -0.4 is 15.6 Å². The number of benzene rings is 2. The number of nitrogens with zero attached hydrogens (tertiary/aromatic N) is 2. The molecule has 1 amide bonds. The fourth-order valence-electron chi connectivity index (χ4n) is 4.76. The SMILES string of the molecule is CCOc1ccccc1NC(=O)CSc1nc2sc3c(c2c(=O)n1-c1cc(C)cc(C)c1)CCCC3. The normalized spacial score (nSPS) is 13.0. The van der Waals surface area contributed by atoms with Crippen LogP contribution in [0.25, 0.3) is 15.9 Å². The van der Waals surface area contributed by atoms with Crippen LogP contribution in [0.5, 0.6) is 5.75 Å². The summed E-state index contributed by atoms with van der Waals surface area (Å²) in [5, 5.41) is 4.21. The minimum absolute atomic E-state index is 0.0472. The second kappa shape index (κ2) is 10.5. The molecule has 1 aliphatic carbocycles.